The molecule has 1 amide bonds. The molecule has 0 saturated carbocycles. The number of aliphatic carboxylic acids is 1. The fraction of sp³-hybridized carbons (Fsp3) is 0.846. The lowest BCUT2D eigenvalue weighted by Crippen LogP contribution is -2.47. The van der Waals surface area contributed by atoms with Gasteiger partial charge in [0.25, 0.3) is 0 Å². The van der Waals surface area contributed by atoms with Crippen molar-refractivity contribution in [2.75, 3.05) is 20.1 Å². The summed E-state index contributed by atoms with van der Waals surface area (Å²) >= 11 is 0. The number of nitrogens with zero attached hydrogens (tertiary/aromatic N) is 1. The number of hydrogen-bond acceptors (Lipinski definition) is 3. The number of carbonyl (C=O) groups excluding carboxylic acids is 1. The zero-order valence-corrected chi connectivity index (χ0v) is 11.3. The molecule has 2 atom stereocenters. The van der Waals surface area contributed by atoms with Gasteiger partial charge in [-0.25, -0.2) is 0 Å². The van der Waals surface area contributed by atoms with Crippen LogP contribution in [-0.4, -0.2) is 48.1 Å². The lowest BCUT2D eigenvalue weighted by Gasteiger charge is -2.36. The molecular formula is C13H24N2O3. The van der Waals surface area contributed by atoms with Crippen LogP contribution in [0.3, 0.4) is 0 Å². The van der Waals surface area contributed by atoms with E-state index in [9.17, 15) is 14.7 Å². The van der Waals surface area contributed by atoms with E-state index in [2.05, 4.69) is 12.2 Å². The van der Waals surface area contributed by atoms with E-state index in [-0.39, 0.29) is 11.9 Å². The van der Waals surface area contributed by atoms with Gasteiger partial charge in [0.2, 0.25) is 5.91 Å². The van der Waals surface area contributed by atoms with Crippen molar-refractivity contribution < 1.29 is 14.7 Å². The van der Waals surface area contributed by atoms with Gasteiger partial charge in [0.05, 0.1) is 0 Å². The molecule has 5 heteroatoms. The summed E-state index contributed by atoms with van der Waals surface area (Å²) in [5, 5.41) is 11.8. The van der Waals surface area contributed by atoms with Crippen LogP contribution in [0.15, 0.2) is 0 Å². The first-order valence-electron chi connectivity index (χ1n) is 6.75. The van der Waals surface area contributed by atoms with Crippen LogP contribution in [0, 0.1) is 5.92 Å². The molecule has 0 aromatic carbocycles. The summed E-state index contributed by atoms with van der Waals surface area (Å²) < 4.78 is 0. The monoisotopic (exact) mass is 256 g/mol. The summed E-state index contributed by atoms with van der Waals surface area (Å²) in [5.41, 5.74) is 0. The fourth-order valence-corrected chi connectivity index (χ4v) is 2.55. The Balaban J connectivity index is 2.42. The minimum atomic E-state index is -0.729. The van der Waals surface area contributed by atoms with E-state index in [0.29, 0.717) is 18.9 Å². The molecule has 0 spiro atoms. The number of carboxylic acid groups (broad SMARTS) is 1. The largest absolute Gasteiger partial charge is 0.480 e. The molecule has 0 bridgehead atoms. The van der Waals surface area contributed by atoms with Gasteiger partial charge in [0, 0.05) is 13.5 Å². The standard InChI is InChI=1S/C13H24N2O3/c1-3-10-6-8-15(11(9-10)13(17)18)7-4-5-12(16)14-2/h10-11H,3-9H2,1-2H3,(H,14,16)(H,17,18). The molecule has 1 aliphatic heterocycles. The zero-order chi connectivity index (χ0) is 13.5. The predicted octanol–water partition coefficient (Wildman–Crippen LogP) is 1.09. The molecule has 0 aromatic heterocycles. The lowest BCUT2D eigenvalue weighted by atomic mass is 9.89. The Morgan fingerprint density at radius 1 is 1.44 bits per heavy atom. The van der Waals surface area contributed by atoms with E-state index in [1.807, 2.05) is 4.90 Å². The number of carboxylic acids is 1. The molecular weight excluding hydrogens is 232 g/mol. The third-order valence-electron chi connectivity index (χ3n) is 3.81. The smallest absolute Gasteiger partial charge is 0.320 e. The maximum absolute atomic E-state index is 11.3. The normalized spacial score (nSPS) is 24.8. The van der Waals surface area contributed by atoms with E-state index < -0.39 is 5.97 Å². The van der Waals surface area contributed by atoms with Gasteiger partial charge < -0.3 is 10.4 Å². The van der Waals surface area contributed by atoms with Gasteiger partial charge in [-0.15, -0.1) is 0 Å². The quantitative estimate of drug-likeness (QED) is 0.746. The Bertz CT molecular complexity index is 294. The highest BCUT2D eigenvalue weighted by Crippen LogP contribution is 2.25. The van der Waals surface area contributed by atoms with Crippen molar-refractivity contribution in [3.63, 3.8) is 0 Å². The average molecular weight is 256 g/mol. The summed E-state index contributed by atoms with van der Waals surface area (Å²) in [6, 6.07) is -0.367. The van der Waals surface area contributed by atoms with Gasteiger partial charge >= 0.3 is 5.97 Å². The Kier molecular flexibility index (Phi) is 6.12. The Hall–Kier alpha value is -1.10. The third kappa shape index (κ3) is 4.29. The van der Waals surface area contributed by atoms with Crippen LogP contribution in [-0.2, 0) is 9.59 Å². The second kappa shape index (κ2) is 7.36. The fourth-order valence-electron chi connectivity index (χ4n) is 2.55. The van der Waals surface area contributed by atoms with Crippen molar-refractivity contribution in [3.8, 4) is 0 Å². The average Bonchev–Trinajstić information content (AvgIpc) is 2.38. The Morgan fingerprint density at radius 3 is 2.72 bits per heavy atom. The van der Waals surface area contributed by atoms with Crippen LogP contribution in [0.4, 0.5) is 0 Å². The molecule has 1 heterocycles. The predicted molar refractivity (Wildman–Crippen MR) is 69.3 cm³/mol. The molecule has 1 rings (SSSR count). The minimum Gasteiger partial charge on any atom is -0.480 e. The van der Waals surface area contributed by atoms with E-state index in [0.717, 1.165) is 32.2 Å². The van der Waals surface area contributed by atoms with E-state index in [4.69, 9.17) is 0 Å². The van der Waals surface area contributed by atoms with Crippen LogP contribution < -0.4 is 5.32 Å². The van der Waals surface area contributed by atoms with Crippen molar-refractivity contribution in [2.45, 2.75) is 45.1 Å². The SMILES string of the molecule is CCC1CCN(CCCC(=O)NC)C(C(=O)O)C1. The number of rotatable bonds is 6. The van der Waals surface area contributed by atoms with Crippen LogP contribution in [0.2, 0.25) is 0 Å². The summed E-state index contributed by atoms with van der Waals surface area (Å²) in [6.45, 7) is 3.65. The van der Waals surface area contributed by atoms with Gasteiger partial charge in [0.15, 0.2) is 0 Å². The lowest BCUT2D eigenvalue weighted by molar-refractivity contribution is -0.145. The number of carbonyl (C=O) groups is 2. The molecule has 0 aliphatic carbocycles. The molecule has 5 nitrogen and oxygen atoms in total. The van der Waals surface area contributed by atoms with E-state index >= 15 is 0 Å². The van der Waals surface area contributed by atoms with Crippen molar-refractivity contribution in [2.24, 2.45) is 5.92 Å². The van der Waals surface area contributed by atoms with Gasteiger partial charge in [-0.3, -0.25) is 14.5 Å². The van der Waals surface area contributed by atoms with Gasteiger partial charge in [-0.2, -0.15) is 0 Å². The van der Waals surface area contributed by atoms with E-state index in [1.165, 1.54) is 0 Å². The second-order valence-corrected chi connectivity index (χ2v) is 4.97. The number of likely N-dealkylation sites (tertiary alicyclic amines) is 1. The molecule has 0 aromatic rings. The van der Waals surface area contributed by atoms with Crippen molar-refractivity contribution >= 4 is 11.9 Å². The van der Waals surface area contributed by atoms with Gasteiger partial charge in [-0.1, -0.05) is 13.3 Å². The van der Waals surface area contributed by atoms with Crippen LogP contribution in [0.1, 0.15) is 39.0 Å². The molecule has 2 N–H and O–H groups in total. The Morgan fingerprint density at radius 2 is 2.17 bits per heavy atom. The topological polar surface area (TPSA) is 69.6 Å². The van der Waals surface area contributed by atoms with Crippen molar-refractivity contribution in [1.29, 1.82) is 0 Å². The second-order valence-electron chi connectivity index (χ2n) is 4.97. The first-order valence-corrected chi connectivity index (χ1v) is 6.75. The van der Waals surface area contributed by atoms with E-state index in [1.54, 1.807) is 7.05 Å². The molecule has 18 heavy (non-hydrogen) atoms. The van der Waals surface area contributed by atoms with Gasteiger partial charge in [0.1, 0.15) is 6.04 Å². The van der Waals surface area contributed by atoms with Crippen molar-refractivity contribution in [1.82, 2.24) is 10.2 Å². The third-order valence-corrected chi connectivity index (χ3v) is 3.81. The summed E-state index contributed by atoms with van der Waals surface area (Å²) in [5.74, 6) is -0.181. The van der Waals surface area contributed by atoms with Crippen molar-refractivity contribution in [3.05, 3.63) is 0 Å². The molecule has 104 valence electrons. The summed E-state index contributed by atoms with van der Waals surface area (Å²) in [6.07, 6.45) is 4.05. The number of amides is 1. The molecule has 0 radical (unpaired) electrons. The molecule has 1 fully saturated rings. The minimum absolute atomic E-state index is 0.0188. The highest BCUT2D eigenvalue weighted by molar-refractivity contribution is 5.75. The highest BCUT2D eigenvalue weighted by Gasteiger charge is 2.32. The number of hydrogen-bond donors (Lipinski definition) is 2. The first-order chi connectivity index (χ1) is 8.58. The Labute approximate surface area is 109 Å². The maximum atomic E-state index is 11.3. The van der Waals surface area contributed by atoms with Crippen LogP contribution in [0.25, 0.3) is 0 Å². The molecule has 1 saturated heterocycles. The highest BCUT2D eigenvalue weighted by atomic mass is 16.4. The summed E-state index contributed by atoms with van der Waals surface area (Å²) in [4.78, 5) is 24.4. The van der Waals surface area contributed by atoms with Crippen LogP contribution >= 0.6 is 0 Å². The zero-order valence-electron chi connectivity index (χ0n) is 11.3. The molecule has 2 unspecified atom stereocenters. The first kappa shape index (κ1) is 15.0. The number of piperidine rings is 1. The summed E-state index contributed by atoms with van der Waals surface area (Å²) in [7, 11) is 1.62. The van der Waals surface area contributed by atoms with Gasteiger partial charge in [-0.05, 0) is 38.3 Å². The van der Waals surface area contributed by atoms with Crippen LogP contribution in [0.5, 0.6) is 0 Å². The molecule has 1 aliphatic rings. The number of nitrogens with one attached hydrogen (secondary N) is 1. The maximum Gasteiger partial charge on any atom is 0.320 e.